The van der Waals surface area contributed by atoms with Gasteiger partial charge in [-0.15, -0.1) is 0 Å². The van der Waals surface area contributed by atoms with Crippen LogP contribution < -0.4 is 16.4 Å². The second-order valence-corrected chi connectivity index (χ2v) is 10.2. The number of rotatable bonds is 4. The van der Waals surface area contributed by atoms with Crippen molar-refractivity contribution in [2.45, 2.75) is 50.1 Å². The van der Waals surface area contributed by atoms with Gasteiger partial charge in [0.25, 0.3) is 5.91 Å². The molecular weight excluding hydrogens is 444 g/mol. The highest BCUT2D eigenvalue weighted by molar-refractivity contribution is 8.02. The highest BCUT2D eigenvalue weighted by Gasteiger charge is 2.39. The fourth-order valence-corrected chi connectivity index (χ4v) is 5.49. The molecule has 4 heterocycles. The number of anilines is 1. The third-order valence-corrected chi connectivity index (χ3v) is 7.12. The molecule has 1 aliphatic carbocycles. The predicted molar refractivity (Wildman–Crippen MR) is 123 cm³/mol. The Hall–Kier alpha value is -3.12. The zero-order valence-electron chi connectivity index (χ0n) is 18.4. The molecule has 2 atom stereocenters. The van der Waals surface area contributed by atoms with E-state index in [-0.39, 0.29) is 29.6 Å². The molecule has 3 aliphatic rings. The van der Waals surface area contributed by atoms with Crippen LogP contribution in [0.15, 0.2) is 17.3 Å². The molecule has 2 aliphatic heterocycles. The van der Waals surface area contributed by atoms with Crippen LogP contribution in [0, 0.1) is 0 Å². The van der Waals surface area contributed by atoms with Gasteiger partial charge in [0.15, 0.2) is 5.50 Å². The largest absolute Gasteiger partial charge is 0.391 e. The molecule has 6 N–H and O–H groups in total. The van der Waals surface area contributed by atoms with Crippen molar-refractivity contribution in [3.8, 4) is 11.4 Å². The molecule has 2 unspecified atom stereocenters. The molecule has 11 nitrogen and oxygen atoms in total. The van der Waals surface area contributed by atoms with Crippen LogP contribution in [0.4, 0.5) is 5.95 Å². The number of aliphatic hydroxyl groups excluding tert-OH is 1. The summed E-state index contributed by atoms with van der Waals surface area (Å²) in [5.41, 5.74) is 9.15. The maximum Gasteiger partial charge on any atom is 0.271 e. The number of likely N-dealkylation sites (tertiary alicyclic amines) is 1. The van der Waals surface area contributed by atoms with E-state index in [2.05, 4.69) is 44.6 Å². The van der Waals surface area contributed by atoms with Crippen LogP contribution in [0.3, 0.4) is 0 Å². The number of fused-ring (bicyclic) bond motifs is 3. The summed E-state index contributed by atoms with van der Waals surface area (Å²) in [5, 5.41) is 24.9. The van der Waals surface area contributed by atoms with Gasteiger partial charge >= 0.3 is 0 Å². The smallest absolute Gasteiger partial charge is 0.271 e. The molecule has 0 saturated carbocycles. The molecule has 0 radical (unpaired) electrons. The lowest BCUT2D eigenvalue weighted by Gasteiger charge is -2.31. The predicted octanol–water partition coefficient (Wildman–Crippen LogP) is 0.457. The Labute approximate surface area is 194 Å². The van der Waals surface area contributed by atoms with Gasteiger partial charge in [0, 0.05) is 30.5 Å². The molecule has 12 heteroatoms. The number of aromatic nitrogens is 4. The van der Waals surface area contributed by atoms with Gasteiger partial charge < -0.3 is 26.4 Å². The van der Waals surface area contributed by atoms with Crippen molar-refractivity contribution in [1.82, 2.24) is 35.7 Å². The lowest BCUT2D eigenvalue weighted by atomic mass is 9.73. The Bertz CT molecular complexity index is 1160. The summed E-state index contributed by atoms with van der Waals surface area (Å²) in [6.45, 7) is 5.06. The van der Waals surface area contributed by atoms with Gasteiger partial charge in [-0.1, -0.05) is 25.6 Å². The van der Waals surface area contributed by atoms with E-state index in [1.54, 1.807) is 11.1 Å². The molecule has 33 heavy (non-hydrogen) atoms. The van der Waals surface area contributed by atoms with E-state index in [0.29, 0.717) is 43.0 Å². The van der Waals surface area contributed by atoms with Gasteiger partial charge in [-0.25, -0.2) is 9.97 Å². The third kappa shape index (κ3) is 4.04. The summed E-state index contributed by atoms with van der Waals surface area (Å²) in [4.78, 5) is 35.7. The van der Waals surface area contributed by atoms with E-state index >= 15 is 0 Å². The highest BCUT2D eigenvalue weighted by atomic mass is 32.2. The van der Waals surface area contributed by atoms with Crippen LogP contribution in [-0.2, 0) is 16.6 Å². The van der Waals surface area contributed by atoms with Crippen LogP contribution in [0.25, 0.3) is 11.4 Å². The molecule has 1 fully saturated rings. The Morgan fingerprint density at radius 2 is 2.21 bits per heavy atom. The molecule has 5 rings (SSSR count). The molecule has 2 aromatic rings. The first kappa shape index (κ1) is 21.7. The zero-order chi connectivity index (χ0) is 23.3. The van der Waals surface area contributed by atoms with Crippen molar-refractivity contribution in [3.05, 3.63) is 34.1 Å². The molecule has 0 bridgehead atoms. The number of nitrogens with two attached hydrogens (primary N) is 1. The number of carbonyl (C=O) groups is 2. The number of amides is 2. The standard InChI is InChI=1S/C21H26N8O3S/c1-21(2)6-10-7-23-19(22)25-15(10)16-14(21)17(28-27-16)18(32)26-20-24-11(9-33-20)5-13(31)29-4-3-12(30)8-29/h7,9,12,20,24,30H,3-6,8H2,1-2H3,(H,26,32)(H,27,28)(H2,22,23,25). The number of aromatic amines is 1. The molecular formula is C21H26N8O3S. The first-order valence-electron chi connectivity index (χ1n) is 10.8. The normalized spacial score (nSPS) is 22.9. The van der Waals surface area contributed by atoms with Crippen molar-refractivity contribution < 1.29 is 14.7 Å². The van der Waals surface area contributed by atoms with Gasteiger partial charge in [-0.05, 0) is 29.2 Å². The SMILES string of the molecule is CC1(C)Cc2cnc(N)nc2-c2n[nH]c(C(=O)NC3NC(CC(=O)N4CCC(O)C4)=CS3)c21. The van der Waals surface area contributed by atoms with Crippen LogP contribution in [0.2, 0.25) is 0 Å². The van der Waals surface area contributed by atoms with Crippen molar-refractivity contribution in [1.29, 1.82) is 0 Å². The van der Waals surface area contributed by atoms with Gasteiger partial charge in [0.1, 0.15) is 11.4 Å². The summed E-state index contributed by atoms with van der Waals surface area (Å²) < 4.78 is 0. The number of nitrogen functional groups attached to an aromatic ring is 1. The summed E-state index contributed by atoms with van der Waals surface area (Å²) in [5.74, 6) is -0.172. The fraction of sp³-hybridized carbons (Fsp3) is 0.476. The number of nitrogens with one attached hydrogen (secondary N) is 3. The lowest BCUT2D eigenvalue weighted by molar-refractivity contribution is -0.129. The van der Waals surface area contributed by atoms with E-state index in [0.717, 1.165) is 16.8 Å². The van der Waals surface area contributed by atoms with Crippen LogP contribution in [0.1, 0.15) is 48.3 Å². The van der Waals surface area contributed by atoms with Gasteiger partial charge in [-0.3, -0.25) is 14.7 Å². The minimum absolute atomic E-state index is 0.0396. The number of H-pyrrole nitrogens is 1. The molecule has 2 amide bonds. The number of thioether (sulfide) groups is 1. The molecule has 1 saturated heterocycles. The van der Waals surface area contributed by atoms with Crippen molar-refractivity contribution >= 4 is 29.5 Å². The lowest BCUT2D eigenvalue weighted by Crippen LogP contribution is -2.42. The summed E-state index contributed by atoms with van der Waals surface area (Å²) >= 11 is 1.39. The van der Waals surface area contributed by atoms with E-state index in [1.807, 2.05) is 5.41 Å². The maximum absolute atomic E-state index is 13.2. The topological polar surface area (TPSA) is 162 Å². The Kier molecular flexibility index (Phi) is 5.28. The molecule has 174 valence electrons. The third-order valence-electron chi connectivity index (χ3n) is 6.19. The van der Waals surface area contributed by atoms with Crippen LogP contribution >= 0.6 is 11.8 Å². The van der Waals surface area contributed by atoms with Crippen LogP contribution in [-0.4, -0.2) is 66.7 Å². The number of hydrogen-bond donors (Lipinski definition) is 5. The summed E-state index contributed by atoms with van der Waals surface area (Å²) in [6, 6.07) is 0. The minimum atomic E-state index is -0.444. The van der Waals surface area contributed by atoms with Crippen LogP contribution in [0.5, 0.6) is 0 Å². The quantitative estimate of drug-likeness (QED) is 0.427. The van der Waals surface area contributed by atoms with E-state index in [1.165, 1.54) is 11.8 Å². The van der Waals surface area contributed by atoms with Gasteiger partial charge in [0.2, 0.25) is 11.9 Å². The zero-order valence-corrected chi connectivity index (χ0v) is 19.2. The van der Waals surface area contributed by atoms with E-state index < -0.39 is 11.6 Å². The number of carbonyl (C=O) groups excluding carboxylic acids is 2. The summed E-state index contributed by atoms with van der Waals surface area (Å²) in [7, 11) is 0. The second-order valence-electron chi connectivity index (χ2n) is 9.22. The van der Waals surface area contributed by atoms with Crippen molar-refractivity contribution in [2.75, 3.05) is 18.8 Å². The molecule has 0 aromatic carbocycles. The molecule has 2 aromatic heterocycles. The second kappa shape index (κ2) is 8.03. The number of β-amino-alcohol motifs (C(OH)–C–C–N with tert-alkyl or cyclic N) is 1. The summed E-state index contributed by atoms with van der Waals surface area (Å²) in [6.07, 6.45) is 2.74. The van der Waals surface area contributed by atoms with Crippen molar-refractivity contribution in [3.63, 3.8) is 0 Å². The van der Waals surface area contributed by atoms with Gasteiger partial charge in [-0.2, -0.15) is 5.10 Å². The first-order valence-corrected chi connectivity index (χ1v) is 11.7. The fourth-order valence-electron chi connectivity index (χ4n) is 4.64. The first-order chi connectivity index (χ1) is 15.7. The Morgan fingerprint density at radius 1 is 1.39 bits per heavy atom. The maximum atomic E-state index is 13.2. The minimum Gasteiger partial charge on any atom is -0.391 e. The number of hydrogen-bond acceptors (Lipinski definition) is 9. The Morgan fingerprint density at radius 3 is 2.97 bits per heavy atom. The van der Waals surface area contributed by atoms with E-state index in [4.69, 9.17) is 5.73 Å². The van der Waals surface area contributed by atoms with Gasteiger partial charge in [0.05, 0.1) is 18.2 Å². The average molecular weight is 471 g/mol. The van der Waals surface area contributed by atoms with Crippen molar-refractivity contribution in [2.24, 2.45) is 0 Å². The monoisotopic (exact) mass is 470 g/mol. The number of aliphatic hydroxyl groups is 1. The number of nitrogens with zero attached hydrogens (tertiary/aromatic N) is 4. The molecule has 0 spiro atoms. The van der Waals surface area contributed by atoms with E-state index in [9.17, 15) is 14.7 Å². The average Bonchev–Trinajstić information content (AvgIpc) is 3.48. The Balaban J connectivity index is 1.27. The highest BCUT2D eigenvalue weighted by Crippen LogP contribution is 2.42.